The molecule has 3 aromatic rings. The zero-order valence-electron chi connectivity index (χ0n) is 15.8. The predicted molar refractivity (Wildman–Crippen MR) is 105 cm³/mol. The summed E-state index contributed by atoms with van der Waals surface area (Å²) in [5, 5.41) is 13.7. The molecule has 1 aliphatic heterocycles. The molecule has 3 heterocycles. The number of fused-ring (bicyclic) bond motifs is 1. The van der Waals surface area contributed by atoms with Crippen LogP contribution in [0, 0.1) is 0 Å². The largest absolute Gasteiger partial charge is 0.486 e. The number of rotatable bonds is 7. The lowest BCUT2D eigenvalue weighted by molar-refractivity contribution is 0.102. The van der Waals surface area contributed by atoms with Crippen LogP contribution in [0.3, 0.4) is 0 Å². The van der Waals surface area contributed by atoms with E-state index in [4.69, 9.17) is 9.47 Å². The highest BCUT2D eigenvalue weighted by Gasteiger charge is 2.18. The van der Waals surface area contributed by atoms with Crippen molar-refractivity contribution in [2.75, 3.05) is 19.0 Å². The molecule has 0 atom stereocenters. The van der Waals surface area contributed by atoms with Crippen molar-refractivity contribution in [2.45, 2.75) is 32.1 Å². The minimum absolute atomic E-state index is 0.00411. The molecule has 0 saturated carbocycles. The minimum Gasteiger partial charge on any atom is -0.486 e. The molecule has 0 amide bonds. The van der Waals surface area contributed by atoms with Crippen LogP contribution in [-0.4, -0.2) is 49.3 Å². The molecule has 0 unspecified atom stereocenters. The maximum Gasteiger partial charge on any atom is 0.191 e. The molecule has 8 nitrogen and oxygen atoms in total. The molecule has 1 aromatic carbocycles. The zero-order chi connectivity index (χ0) is 19.5. The van der Waals surface area contributed by atoms with Crippen LogP contribution in [0.2, 0.25) is 0 Å². The summed E-state index contributed by atoms with van der Waals surface area (Å²) in [6, 6.07) is 7.21. The first-order valence-corrected chi connectivity index (χ1v) is 10.2. The third-order valence-electron chi connectivity index (χ3n) is 4.42. The Labute approximate surface area is 166 Å². The van der Waals surface area contributed by atoms with Gasteiger partial charge in [0.1, 0.15) is 18.9 Å². The van der Waals surface area contributed by atoms with Gasteiger partial charge in [-0.3, -0.25) is 9.48 Å². The number of aryl methyl sites for hydroxylation is 1. The van der Waals surface area contributed by atoms with Crippen molar-refractivity contribution >= 4 is 17.5 Å². The standard InChI is InChI=1S/C19H21N5O3S/c1-3-23-8-7-14(22-23)18-20-21-19(24(18)4-2)28-12-15(25)13-5-6-16-17(11-13)27-10-9-26-16/h5-8,11H,3-4,9-10,12H2,1-2H3. The van der Waals surface area contributed by atoms with Gasteiger partial charge in [-0.25, -0.2) is 0 Å². The second-order valence-corrected chi connectivity index (χ2v) is 7.12. The fraction of sp³-hybridized carbons (Fsp3) is 0.368. The highest BCUT2D eigenvalue weighted by molar-refractivity contribution is 7.99. The Hall–Kier alpha value is -2.81. The molecule has 4 rings (SSSR count). The molecule has 9 heteroatoms. The molecule has 0 aliphatic carbocycles. The van der Waals surface area contributed by atoms with E-state index in [-0.39, 0.29) is 11.5 Å². The maximum atomic E-state index is 12.6. The van der Waals surface area contributed by atoms with Gasteiger partial charge in [0.25, 0.3) is 0 Å². The fourth-order valence-electron chi connectivity index (χ4n) is 2.96. The van der Waals surface area contributed by atoms with Crippen molar-refractivity contribution in [3.05, 3.63) is 36.0 Å². The molecule has 2 aromatic heterocycles. The van der Waals surface area contributed by atoms with E-state index in [2.05, 4.69) is 15.3 Å². The van der Waals surface area contributed by atoms with Gasteiger partial charge in [0.2, 0.25) is 0 Å². The lowest BCUT2D eigenvalue weighted by atomic mass is 10.1. The Bertz CT molecular complexity index is 997. The molecule has 0 N–H and O–H groups in total. The number of hydrogen-bond donors (Lipinski definition) is 0. The number of carbonyl (C=O) groups excluding carboxylic acids is 1. The number of Topliss-reactive ketones (excluding diaryl/α,β-unsaturated/α-hetero) is 1. The molecule has 0 saturated heterocycles. The Morgan fingerprint density at radius 1 is 1.11 bits per heavy atom. The zero-order valence-corrected chi connectivity index (χ0v) is 16.6. The Morgan fingerprint density at radius 3 is 2.68 bits per heavy atom. The van der Waals surface area contributed by atoms with Gasteiger partial charge in [-0.15, -0.1) is 10.2 Å². The predicted octanol–water partition coefficient (Wildman–Crippen LogP) is 2.93. The van der Waals surface area contributed by atoms with Crippen LogP contribution in [0.25, 0.3) is 11.5 Å². The van der Waals surface area contributed by atoms with Crippen LogP contribution in [0.15, 0.2) is 35.6 Å². The Balaban J connectivity index is 1.48. The van der Waals surface area contributed by atoms with Gasteiger partial charge in [0.05, 0.1) is 5.75 Å². The second-order valence-electron chi connectivity index (χ2n) is 6.18. The van der Waals surface area contributed by atoms with Gasteiger partial charge in [0.15, 0.2) is 28.3 Å². The number of carbonyl (C=O) groups is 1. The monoisotopic (exact) mass is 399 g/mol. The van der Waals surface area contributed by atoms with Crippen molar-refractivity contribution in [1.82, 2.24) is 24.5 Å². The van der Waals surface area contributed by atoms with Crippen molar-refractivity contribution in [1.29, 1.82) is 0 Å². The Kier molecular flexibility index (Phi) is 5.34. The van der Waals surface area contributed by atoms with E-state index in [1.54, 1.807) is 18.2 Å². The van der Waals surface area contributed by atoms with Gasteiger partial charge in [-0.2, -0.15) is 5.10 Å². The molecular formula is C19H21N5O3S. The van der Waals surface area contributed by atoms with Crippen molar-refractivity contribution in [3.8, 4) is 23.0 Å². The Morgan fingerprint density at radius 2 is 1.93 bits per heavy atom. The average Bonchev–Trinajstić information content (AvgIpc) is 3.37. The van der Waals surface area contributed by atoms with Crippen LogP contribution in [0.1, 0.15) is 24.2 Å². The minimum atomic E-state index is 0.00411. The summed E-state index contributed by atoms with van der Waals surface area (Å²) in [4.78, 5) is 12.6. The quantitative estimate of drug-likeness (QED) is 0.446. The summed E-state index contributed by atoms with van der Waals surface area (Å²) in [5.74, 6) is 2.28. The van der Waals surface area contributed by atoms with Crippen LogP contribution in [0.4, 0.5) is 0 Å². The molecule has 1 aliphatic rings. The summed E-state index contributed by atoms with van der Waals surface area (Å²) in [7, 11) is 0. The first-order chi connectivity index (χ1) is 13.7. The van der Waals surface area contributed by atoms with Crippen LogP contribution in [0.5, 0.6) is 11.5 Å². The van der Waals surface area contributed by atoms with Gasteiger partial charge in [-0.05, 0) is 38.1 Å². The average molecular weight is 399 g/mol. The second kappa shape index (κ2) is 8.05. The van der Waals surface area contributed by atoms with Crippen LogP contribution < -0.4 is 9.47 Å². The highest BCUT2D eigenvalue weighted by atomic mass is 32.2. The topological polar surface area (TPSA) is 84.1 Å². The number of nitrogens with zero attached hydrogens (tertiary/aromatic N) is 5. The third-order valence-corrected chi connectivity index (χ3v) is 5.39. The van der Waals surface area contributed by atoms with E-state index >= 15 is 0 Å². The first kappa shape index (κ1) is 18.5. The molecule has 28 heavy (non-hydrogen) atoms. The van der Waals surface area contributed by atoms with E-state index in [1.807, 2.05) is 35.4 Å². The number of thioether (sulfide) groups is 1. The van der Waals surface area contributed by atoms with Gasteiger partial charge in [-0.1, -0.05) is 11.8 Å². The van der Waals surface area contributed by atoms with E-state index in [9.17, 15) is 4.79 Å². The number of ether oxygens (including phenoxy) is 2. The molecule has 0 radical (unpaired) electrons. The normalized spacial score (nSPS) is 12.9. The molecule has 0 spiro atoms. The number of aromatic nitrogens is 5. The molecule has 0 fully saturated rings. The smallest absolute Gasteiger partial charge is 0.191 e. The summed E-state index contributed by atoms with van der Waals surface area (Å²) in [6.45, 7) is 6.58. The van der Waals surface area contributed by atoms with Gasteiger partial charge < -0.3 is 14.0 Å². The van der Waals surface area contributed by atoms with Gasteiger partial charge in [0, 0.05) is 24.8 Å². The van der Waals surface area contributed by atoms with Crippen molar-refractivity contribution in [3.63, 3.8) is 0 Å². The van der Waals surface area contributed by atoms with E-state index in [0.29, 0.717) is 47.8 Å². The SMILES string of the molecule is CCn1ccc(-c2nnc(SCC(=O)c3ccc4c(c3)OCCO4)n2CC)n1. The lowest BCUT2D eigenvalue weighted by Gasteiger charge is -2.18. The van der Waals surface area contributed by atoms with Crippen molar-refractivity contribution in [2.24, 2.45) is 0 Å². The summed E-state index contributed by atoms with van der Waals surface area (Å²) in [6.07, 6.45) is 1.92. The van der Waals surface area contributed by atoms with Crippen LogP contribution >= 0.6 is 11.8 Å². The summed E-state index contributed by atoms with van der Waals surface area (Å²) >= 11 is 1.37. The third kappa shape index (κ3) is 3.62. The number of benzene rings is 1. The first-order valence-electron chi connectivity index (χ1n) is 9.22. The lowest BCUT2D eigenvalue weighted by Crippen LogP contribution is -2.16. The maximum absolute atomic E-state index is 12.6. The van der Waals surface area contributed by atoms with E-state index in [0.717, 1.165) is 12.2 Å². The summed E-state index contributed by atoms with van der Waals surface area (Å²) < 4.78 is 14.9. The van der Waals surface area contributed by atoms with E-state index < -0.39 is 0 Å². The number of ketones is 1. The number of hydrogen-bond acceptors (Lipinski definition) is 7. The highest BCUT2D eigenvalue weighted by Crippen LogP contribution is 2.31. The molecule has 0 bridgehead atoms. The molecule has 146 valence electrons. The van der Waals surface area contributed by atoms with E-state index in [1.165, 1.54) is 11.8 Å². The fourth-order valence-corrected chi connectivity index (χ4v) is 3.85. The van der Waals surface area contributed by atoms with Crippen LogP contribution in [-0.2, 0) is 13.1 Å². The summed E-state index contributed by atoms with van der Waals surface area (Å²) in [5.41, 5.74) is 1.38. The van der Waals surface area contributed by atoms with Crippen molar-refractivity contribution < 1.29 is 14.3 Å². The van der Waals surface area contributed by atoms with Gasteiger partial charge >= 0.3 is 0 Å². The molecular weight excluding hydrogens is 378 g/mol.